The lowest BCUT2D eigenvalue weighted by Gasteiger charge is -2.15. The summed E-state index contributed by atoms with van der Waals surface area (Å²) in [4.78, 5) is 0. The Balaban J connectivity index is 3.82. The molecule has 0 spiro atoms. The van der Waals surface area contributed by atoms with Crippen LogP contribution in [0.25, 0.3) is 0 Å². The maximum absolute atomic E-state index is 9.28. The third-order valence-electron chi connectivity index (χ3n) is 1.43. The summed E-state index contributed by atoms with van der Waals surface area (Å²) < 4.78 is 5.26. The van der Waals surface area contributed by atoms with Gasteiger partial charge < -0.3 is 9.84 Å². The lowest BCUT2D eigenvalue weighted by molar-refractivity contribution is 0.0254. The maximum atomic E-state index is 9.28. The van der Waals surface area contributed by atoms with Crippen LogP contribution in [0.5, 0.6) is 0 Å². The van der Waals surface area contributed by atoms with Gasteiger partial charge in [-0.25, -0.2) is 0 Å². The van der Waals surface area contributed by atoms with E-state index in [-0.39, 0.29) is 6.10 Å². The summed E-state index contributed by atoms with van der Waals surface area (Å²) in [5.41, 5.74) is 0. The molecule has 12 heavy (non-hydrogen) atoms. The minimum Gasteiger partial charge on any atom is -0.386 e. The summed E-state index contributed by atoms with van der Waals surface area (Å²) in [6.45, 7) is 9.41. The first-order valence-electron chi connectivity index (χ1n) is 3.92. The van der Waals surface area contributed by atoms with Gasteiger partial charge in [0.2, 0.25) is 0 Å². The number of allylic oxidation sites excluding steroid dienone is 1. The summed E-state index contributed by atoms with van der Waals surface area (Å²) in [5.74, 6) is 0. The van der Waals surface area contributed by atoms with Gasteiger partial charge in [0.25, 0.3) is 0 Å². The van der Waals surface area contributed by atoms with Gasteiger partial charge in [0.1, 0.15) is 12.2 Å². The molecule has 0 saturated heterocycles. The standard InChI is InChI=1S/C10H16O2/c1-4-7-8-12-10(6-3)9(11)5-2/h4-7,9-11H,2-3,8H2,1H3/b7-4+/t9-,10-/m1/s1. The van der Waals surface area contributed by atoms with E-state index in [0.717, 1.165) is 0 Å². The van der Waals surface area contributed by atoms with Crippen LogP contribution < -0.4 is 0 Å². The fourth-order valence-corrected chi connectivity index (χ4v) is 0.703. The van der Waals surface area contributed by atoms with Crippen LogP contribution in [0, 0.1) is 0 Å². The monoisotopic (exact) mass is 168 g/mol. The van der Waals surface area contributed by atoms with Crippen LogP contribution >= 0.6 is 0 Å². The summed E-state index contributed by atoms with van der Waals surface area (Å²) in [7, 11) is 0. The van der Waals surface area contributed by atoms with Crippen molar-refractivity contribution < 1.29 is 9.84 Å². The second-order valence-corrected chi connectivity index (χ2v) is 2.33. The fraction of sp³-hybridized carbons (Fsp3) is 0.400. The number of ether oxygens (including phenoxy) is 1. The molecule has 0 aliphatic heterocycles. The normalized spacial score (nSPS) is 15.8. The van der Waals surface area contributed by atoms with Crippen molar-refractivity contribution in [3.63, 3.8) is 0 Å². The zero-order valence-corrected chi connectivity index (χ0v) is 7.44. The molecule has 0 aromatic carbocycles. The highest BCUT2D eigenvalue weighted by atomic mass is 16.5. The Morgan fingerprint density at radius 2 is 2.08 bits per heavy atom. The molecule has 68 valence electrons. The van der Waals surface area contributed by atoms with Crippen molar-refractivity contribution >= 4 is 0 Å². The minimum absolute atomic E-state index is 0.362. The van der Waals surface area contributed by atoms with Crippen molar-refractivity contribution in [3.8, 4) is 0 Å². The van der Waals surface area contributed by atoms with E-state index in [9.17, 15) is 5.11 Å². The van der Waals surface area contributed by atoms with Crippen LogP contribution in [0.2, 0.25) is 0 Å². The van der Waals surface area contributed by atoms with E-state index in [0.29, 0.717) is 6.61 Å². The van der Waals surface area contributed by atoms with E-state index in [1.807, 2.05) is 19.1 Å². The minimum atomic E-state index is -0.673. The maximum Gasteiger partial charge on any atom is 0.105 e. The van der Waals surface area contributed by atoms with Gasteiger partial charge in [-0.15, -0.1) is 13.2 Å². The van der Waals surface area contributed by atoms with Crippen LogP contribution in [0.4, 0.5) is 0 Å². The Bertz CT molecular complexity index is 161. The molecule has 0 fully saturated rings. The quantitative estimate of drug-likeness (QED) is 0.611. The Kier molecular flexibility index (Phi) is 6.34. The lowest BCUT2D eigenvalue weighted by atomic mass is 10.2. The van der Waals surface area contributed by atoms with Crippen LogP contribution in [0.3, 0.4) is 0 Å². The third-order valence-corrected chi connectivity index (χ3v) is 1.43. The lowest BCUT2D eigenvalue weighted by Crippen LogP contribution is -2.24. The van der Waals surface area contributed by atoms with Crippen LogP contribution in [-0.4, -0.2) is 23.9 Å². The number of aliphatic hydroxyl groups excluding tert-OH is 1. The topological polar surface area (TPSA) is 29.5 Å². The number of rotatable bonds is 6. The highest BCUT2D eigenvalue weighted by molar-refractivity contribution is 4.95. The molecule has 0 aliphatic rings. The zero-order chi connectivity index (χ0) is 9.40. The Morgan fingerprint density at radius 1 is 1.42 bits per heavy atom. The molecule has 0 saturated carbocycles. The van der Waals surface area contributed by atoms with Gasteiger partial charge in [-0.2, -0.15) is 0 Å². The van der Waals surface area contributed by atoms with Crippen molar-refractivity contribution in [2.75, 3.05) is 6.61 Å². The molecule has 0 heterocycles. The Morgan fingerprint density at radius 3 is 2.50 bits per heavy atom. The molecule has 0 rings (SSSR count). The van der Waals surface area contributed by atoms with Crippen molar-refractivity contribution in [2.24, 2.45) is 0 Å². The SMILES string of the molecule is C=C[C@@H](O)[C@@H](C=C)OC/C=C/C. The largest absolute Gasteiger partial charge is 0.386 e. The van der Waals surface area contributed by atoms with E-state index in [1.54, 1.807) is 6.08 Å². The highest BCUT2D eigenvalue weighted by Crippen LogP contribution is 2.01. The molecule has 0 aromatic rings. The average Bonchev–Trinajstić information content (AvgIpc) is 2.11. The summed E-state index contributed by atoms with van der Waals surface area (Å²) in [6.07, 6.45) is 5.72. The molecule has 0 bridgehead atoms. The van der Waals surface area contributed by atoms with Gasteiger partial charge in [-0.3, -0.25) is 0 Å². The first-order chi connectivity index (χ1) is 5.76. The van der Waals surface area contributed by atoms with E-state index < -0.39 is 6.10 Å². The molecule has 0 aliphatic carbocycles. The zero-order valence-electron chi connectivity index (χ0n) is 7.44. The van der Waals surface area contributed by atoms with Gasteiger partial charge in [-0.1, -0.05) is 24.3 Å². The summed E-state index contributed by atoms with van der Waals surface area (Å²) in [6, 6.07) is 0. The van der Waals surface area contributed by atoms with Gasteiger partial charge in [0.15, 0.2) is 0 Å². The smallest absolute Gasteiger partial charge is 0.105 e. The molecular formula is C10H16O2. The van der Waals surface area contributed by atoms with E-state index in [4.69, 9.17) is 4.74 Å². The Hall–Kier alpha value is -0.860. The number of hydrogen-bond donors (Lipinski definition) is 1. The molecule has 2 nitrogen and oxygen atoms in total. The fourth-order valence-electron chi connectivity index (χ4n) is 0.703. The van der Waals surface area contributed by atoms with Crippen LogP contribution in [-0.2, 0) is 4.74 Å². The van der Waals surface area contributed by atoms with Crippen molar-refractivity contribution in [2.45, 2.75) is 19.1 Å². The van der Waals surface area contributed by atoms with Gasteiger partial charge in [-0.05, 0) is 6.92 Å². The van der Waals surface area contributed by atoms with Crippen molar-refractivity contribution in [1.29, 1.82) is 0 Å². The predicted molar refractivity (Wildman–Crippen MR) is 51.0 cm³/mol. The summed E-state index contributed by atoms with van der Waals surface area (Å²) in [5, 5.41) is 9.28. The van der Waals surface area contributed by atoms with Gasteiger partial charge >= 0.3 is 0 Å². The average molecular weight is 168 g/mol. The number of hydrogen-bond acceptors (Lipinski definition) is 2. The molecule has 0 radical (unpaired) electrons. The van der Waals surface area contributed by atoms with Crippen LogP contribution in [0.1, 0.15) is 6.92 Å². The first kappa shape index (κ1) is 11.1. The van der Waals surface area contributed by atoms with Crippen LogP contribution in [0.15, 0.2) is 37.5 Å². The molecule has 0 aromatic heterocycles. The van der Waals surface area contributed by atoms with E-state index >= 15 is 0 Å². The van der Waals surface area contributed by atoms with E-state index in [1.165, 1.54) is 6.08 Å². The summed E-state index contributed by atoms with van der Waals surface area (Å²) >= 11 is 0. The molecule has 0 unspecified atom stereocenters. The highest BCUT2D eigenvalue weighted by Gasteiger charge is 2.11. The predicted octanol–water partition coefficient (Wildman–Crippen LogP) is 1.68. The second-order valence-electron chi connectivity index (χ2n) is 2.33. The van der Waals surface area contributed by atoms with Gasteiger partial charge in [0, 0.05) is 0 Å². The van der Waals surface area contributed by atoms with E-state index in [2.05, 4.69) is 13.2 Å². The first-order valence-corrected chi connectivity index (χ1v) is 3.92. The molecule has 0 amide bonds. The van der Waals surface area contributed by atoms with Gasteiger partial charge in [0.05, 0.1) is 6.61 Å². The van der Waals surface area contributed by atoms with Crippen molar-refractivity contribution in [1.82, 2.24) is 0 Å². The Labute approximate surface area is 73.9 Å². The molecular weight excluding hydrogens is 152 g/mol. The number of aliphatic hydroxyl groups is 1. The second kappa shape index (κ2) is 6.83. The molecule has 1 N–H and O–H groups in total. The molecule has 2 heteroatoms. The third kappa shape index (κ3) is 4.11. The molecule has 2 atom stereocenters. The van der Waals surface area contributed by atoms with Crippen molar-refractivity contribution in [3.05, 3.63) is 37.5 Å².